The lowest BCUT2D eigenvalue weighted by molar-refractivity contribution is -0.147. The largest absolute Gasteiger partial charge is 0.480 e. The smallest absolute Gasteiger partial charge is 0.328 e. The molecule has 0 radical (unpaired) electrons. The summed E-state index contributed by atoms with van der Waals surface area (Å²) in [4.78, 5) is 29.8. The van der Waals surface area contributed by atoms with Crippen molar-refractivity contribution in [2.75, 3.05) is 19.8 Å². The first-order valence-electron chi connectivity index (χ1n) is 7.20. The molecule has 7 heteroatoms. The first-order valence-corrected chi connectivity index (χ1v) is 8.08. The first-order chi connectivity index (χ1) is 11.1. The lowest BCUT2D eigenvalue weighted by Gasteiger charge is -2.32. The van der Waals surface area contributed by atoms with E-state index in [0.29, 0.717) is 12.2 Å². The van der Waals surface area contributed by atoms with Gasteiger partial charge in [0.15, 0.2) is 6.04 Å². The van der Waals surface area contributed by atoms with E-state index < -0.39 is 12.0 Å². The molecule has 0 saturated carbocycles. The summed E-state index contributed by atoms with van der Waals surface area (Å²) in [6, 6.07) is 6.19. The quantitative estimate of drug-likeness (QED) is 0.930. The zero-order chi connectivity index (χ0) is 16.4. The van der Waals surface area contributed by atoms with Crippen molar-refractivity contribution in [2.24, 2.45) is 0 Å². The Labute approximate surface area is 137 Å². The van der Waals surface area contributed by atoms with Crippen LogP contribution in [0.2, 0.25) is 0 Å². The van der Waals surface area contributed by atoms with Gasteiger partial charge in [0.1, 0.15) is 5.01 Å². The van der Waals surface area contributed by atoms with Crippen molar-refractivity contribution in [3.8, 4) is 10.6 Å². The maximum absolute atomic E-state index is 12.7. The van der Waals surface area contributed by atoms with E-state index >= 15 is 0 Å². The molecule has 2 heterocycles. The number of carboxylic acids is 1. The molecular weight excluding hydrogens is 316 g/mol. The van der Waals surface area contributed by atoms with E-state index in [1.165, 1.54) is 16.2 Å². The summed E-state index contributed by atoms with van der Waals surface area (Å²) in [5.41, 5.74) is 2.25. The van der Waals surface area contributed by atoms with Crippen LogP contribution in [-0.2, 0) is 9.53 Å². The number of benzene rings is 1. The highest BCUT2D eigenvalue weighted by Crippen LogP contribution is 2.25. The summed E-state index contributed by atoms with van der Waals surface area (Å²) < 4.78 is 5.17. The van der Waals surface area contributed by atoms with Gasteiger partial charge >= 0.3 is 5.97 Å². The Bertz CT molecular complexity index is 743. The lowest BCUT2D eigenvalue weighted by Crippen LogP contribution is -2.52. The summed E-state index contributed by atoms with van der Waals surface area (Å²) in [5, 5.41) is 12.0. The molecule has 0 bridgehead atoms. The van der Waals surface area contributed by atoms with E-state index in [1.807, 2.05) is 18.4 Å². The summed E-state index contributed by atoms with van der Waals surface area (Å²) in [5.74, 6) is -1.35. The highest BCUT2D eigenvalue weighted by molar-refractivity contribution is 7.13. The minimum Gasteiger partial charge on any atom is -0.480 e. The lowest BCUT2D eigenvalue weighted by atomic mass is 10.1. The second-order valence-electron chi connectivity index (χ2n) is 5.30. The SMILES string of the molecule is Cc1csc(-c2cccc(C(=O)N3CCOC[C@H]3C(=O)O)c2)n1. The third-order valence-corrected chi connectivity index (χ3v) is 4.66. The summed E-state index contributed by atoms with van der Waals surface area (Å²) in [6.45, 7) is 2.56. The fraction of sp³-hybridized carbons (Fsp3) is 0.312. The number of carboxylic acid groups (broad SMARTS) is 1. The van der Waals surface area contributed by atoms with Crippen LogP contribution in [0.3, 0.4) is 0 Å². The molecule has 1 aliphatic rings. The van der Waals surface area contributed by atoms with E-state index in [4.69, 9.17) is 4.74 Å². The molecule has 1 saturated heterocycles. The highest BCUT2D eigenvalue weighted by atomic mass is 32.1. The van der Waals surface area contributed by atoms with Crippen LogP contribution in [-0.4, -0.2) is 52.7 Å². The third kappa shape index (κ3) is 3.25. The van der Waals surface area contributed by atoms with Crippen LogP contribution in [0.25, 0.3) is 10.6 Å². The van der Waals surface area contributed by atoms with Gasteiger partial charge < -0.3 is 14.7 Å². The zero-order valence-electron chi connectivity index (χ0n) is 12.6. The number of nitrogens with zero attached hydrogens (tertiary/aromatic N) is 2. The number of carbonyl (C=O) groups excluding carboxylic acids is 1. The Balaban J connectivity index is 1.88. The van der Waals surface area contributed by atoms with E-state index in [-0.39, 0.29) is 19.1 Å². The molecule has 1 aliphatic heterocycles. The molecule has 0 unspecified atom stereocenters. The van der Waals surface area contributed by atoms with E-state index in [1.54, 1.807) is 18.2 Å². The van der Waals surface area contributed by atoms with E-state index in [0.717, 1.165) is 16.3 Å². The third-order valence-electron chi connectivity index (χ3n) is 3.65. The van der Waals surface area contributed by atoms with Gasteiger partial charge in [-0.3, -0.25) is 4.79 Å². The number of thiazole rings is 1. The molecule has 23 heavy (non-hydrogen) atoms. The number of aliphatic carboxylic acids is 1. The molecule has 120 valence electrons. The van der Waals surface area contributed by atoms with Crippen LogP contribution in [0.5, 0.6) is 0 Å². The van der Waals surface area contributed by atoms with Gasteiger partial charge in [0.25, 0.3) is 5.91 Å². The molecule has 1 aromatic heterocycles. The van der Waals surface area contributed by atoms with Gasteiger partial charge in [0.2, 0.25) is 0 Å². The number of morpholine rings is 1. The fourth-order valence-electron chi connectivity index (χ4n) is 2.49. The van der Waals surface area contributed by atoms with Gasteiger partial charge in [-0.25, -0.2) is 9.78 Å². The fourth-order valence-corrected chi connectivity index (χ4v) is 3.28. The van der Waals surface area contributed by atoms with Crippen molar-refractivity contribution in [2.45, 2.75) is 13.0 Å². The average molecular weight is 332 g/mol. The van der Waals surface area contributed by atoms with Crippen LogP contribution in [0.15, 0.2) is 29.6 Å². The Morgan fingerprint density at radius 1 is 1.43 bits per heavy atom. The predicted molar refractivity (Wildman–Crippen MR) is 85.6 cm³/mol. The molecule has 1 N–H and O–H groups in total. The van der Waals surface area contributed by atoms with Gasteiger partial charge in [-0.1, -0.05) is 12.1 Å². The van der Waals surface area contributed by atoms with Crippen LogP contribution >= 0.6 is 11.3 Å². The molecule has 1 amide bonds. The Kier molecular flexibility index (Phi) is 4.40. The maximum atomic E-state index is 12.7. The van der Waals surface area contributed by atoms with Crippen LogP contribution in [0.4, 0.5) is 0 Å². The topological polar surface area (TPSA) is 79.7 Å². The molecule has 3 rings (SSSR count). The van der Waals surface area contributed by atoms with Crippen molar-refractivity contribution in [1.82, 2.24) is 9.88 Å². The van der Waals surface area contributed by atoms with Gasteiger partial charge in [-0.05, 0) is 19.1 Å². The number of hydrogen-bond acceptors (Lipinski definition) is 5. The van der Waals surface area contributed by atoms with Crippen molar-refractivity contribution < 1.29 is 19.4 Å². The number of aromatic nitrogens is 1. The number of hydrogen-bond donors (Lipinski definition) is 1. The number of rotatable bonds is 3. The van der Waals surface area contributed by atoms with Crippen LogP contribution in [0.1, 0.15) is 16.1 Å². The number of carbonyl (C=O) groups is 2. The van der Waals surface area contributed by atoms with Crippen molar-refractivity contribution in [1.29, 1.82) is 0 Å². The minimum atomic E-state index is -1.05. The summed E-state index contributed by atoms with van der Waals surface area (Å²) in [6.07, 6.45) is 0. The van der Waals surface area contributed by atoms with Crippen molar-refractivity contribution in [3.05, 3.63) is 40.9 Å². The number of aryl methyl sites for hydroxylation is 1. The Hall–Kier alpha value is -2.25. The molecule has 1 fully saturated rings. The van der Waals surface area contributed by atoms with Crippen molar-refractivity contribution in [3.63, 3.8) is 0 Å². The molecular formula is C16H16N2O4S. The van der Waals surface area contributed by atoms with E-state index in [2.05, 4.69) is 4.98 Å². The van der Waals surface area contributed by atoms with Gasteiger partial charge in [-0.2, -0.15) is 0 Å². The second-order valence-corrected chi connectivity index (χ2v) is 6.16. The highest BCUT2D eigenvalue weighted by Gasteiger charge is 2.33. The summed E-state index contributed by atoms with van der Waals surface area (Å²) in [7, 11) is 0. The molecule has 2 aromatic rings. The zero-order valence-corrected chi connectivity index (χ0v) is 13.4. The van der Waals surface area contributed by atoms with Crippen LogP contribution in [0, 0.1) is 6.92 Å². The first kappa shape index (κ1) is 15.6. The van der Waals surface area contributed by atoms with Gasteiger partial charge in [-0.15, -0.1) is 11.3 Å². The Morgan fingerprint density at radius 3 is 2.96 bits per heavy atom. The van der Waals surface area contributed by atoms with Crippen molar-refractivity contribution >= 4 is 23.2 Å². The normalized spacial score (nSPS) is 18.0. The summed E-state index contributed by atoms with van der Waals surface area (Å²) >= 11 is 1.51. The maximum Gasteiger partial charge on any atom is 0.328 e. The average Bonchev–Trinajstić information content (AvgIpc) is 3.01. The molecule has 0 spiro atoms. The predicted octanol–water partition coefficient (Wildman–Crippen LogP) is 2.04. The molecule has 6 nitrogen and oxygen atoms in total. The standard InChI is InChI=1S/C16H16N2O4S/c1-10-9-23-14(17-10)11-3-2-4-12(7-11)15(19)18-5-6-22-8-13(18)16(20)21/h2-4,7,9,13H,5-6,8H2,1H3,(H,20,21)/t13-/m0/s1. The van der Waals surface area contributed by atoms with Gasteiger partial charge in [0.05, 0.1) is 13.2 Å². The van der Waals surface area contributed by atoms with Crippen LogP contribution < -0.4 is 0 Å². The number of amides is 1. The van der Waals surface area contributed by atoms with E-state index in [9.17, 15) is 14.7 Å². The monoisotopic (exact) mass is 332 g/mol. The minimum absolute atomic E-state index is 0.0203. The second kappa shape index (κ2) is 6.47. The van der Waals surface area contributed by atoms with Gasteiger partial charge in [0, 0.05) is 28.7 Å². The molecule has 1 aromatic carbocycles. The number of ether oxygens (including phenoxy) is 1. The Morgan fingerprint density at radius 2 is 2.26 bits per heavy atom. The molecule has 0 aliphatic carbocycles. The molecule has 1 atom stereocenters.